The molecule has 9 heteroatoms. The van der Waals surface area contributed by atoms with E-state index < -0.39 is 0 Å². The second kappa shape index (κ2) is 16.6. The molecular weight excluding hydrogens is 503 g/mol. The zero-order valence-electron chi connectivity index (χ0n) is 18.6. The molecule has 30 heavy (non-hydrogen) atoms. The normalized spacial score (nSPS) is 20.3. The summed E-state index contributed by atoms with van der Waals surface area (Å²) in [6.07, 6.45) is 2.61. The first kappa shape index (κ1) is 26.2. The summed E-state index contributed by atoms with van der Waals surface area (Å²) in [5.74, 6) is 0.207. The second-order valence-corrected chi connectivity index (χ2v) is 11.0. The van der Waals surface area contributed by atoms with E-state index in [1.54, 1.807) is 0 Å². The van der Waals surface area contributed by atoms with Gasteiger partial charge in [0.1, 0.15) is 0 Å². The molecule has 1 unspecified atom stereocenters. The average Bonchev–Trinajstić information content (AvgIpc) is 3.59. The standard InChI is InChI=1S/C21H40IN2O6/c1-18(2)24-6-3-19(4-7-24)30-16-15-29-14-13-28-12-11-27-10-9-26-8-5-23-21(25)20-17-22-20/h18-20H,3-17H2,1-2H3,(H,23,25)/q-1. The van der Waals surface area contributed by atoms with Crippen LogP contribution in [0.3, 0.4) is 0 Å². The van der Waals surface area contributed by atoms with Crippen molar-refractivity contribution in [2.75, 3.05) is 83.5 Å². The maximum absolute atomic E-state index is 11.4. The number of hydrogen-bond acceptors (Lipinski definition) is 7. The molecule has 2 aliphatic heterocycles. The third-order valence-corrected chi connectivity index (χ3v) is 7.37. The molecule has 0 aliphatic carbocycles. The number of alkyl halides is 2. The molecule has 0 aromatic carbocycles. The van der Waals surface area contributed by atoms with Gasteiger partial charge in [0, 0.05) is 19.1 Å². The molecule has 178 valence electrons. The Morgan fingerprint density at radius 1 is 0.900 bits per heavy atom. The molecule has 1 amide bonds. The number of piperidine rings is 1. The third kappa shape index (κ3) is 12.7. The molecule has 2 fully saturated rings. The van der Waals surface area contributed by atoms with E-state index in [1.807, 2.05) is 0 Å². The van der Waals surface area contributed by atoms with Crippen LogP contribution in [0.1, 0.15) is 26.7 Å². The van der Waals surface area contributed by atoms with Crippen molar-refractivity contribution in [3.63, 3.8) is 0 Å². The second-order valence-electron chi connectivity index (χ2n) is 7.72. The van der Waals surface area contributed by atoms with E-state index in [9.17, 15) is 4.79 Å². The van der Waals surface area contributed by atoms with Gasteiger partial charge in [-0.1, -0.05) is 0 Å². The van der Waals surface area contributed by atoms with E-state index in [0.29, 0.717) is 82.1 Å². The summed E-state index contributed by atoms with van der Waals surface area (Å²) >= 11 is 0.182. The summed E-state index contributed by atoms with van der Waals surface area (Å²) in [7, 11) is 0. The van der Waals surface area contributed by atoms with Crippen molar-refractivity contribution in [3.8, 4) is 0 Å². The van der Waals surface area contributed by atoms with Crippen LogP contribution in [-0.4, -0.2) is 110 Å². The number of ether oxygens (including phenoxy) is 5. The molecule has 2 rings (SSSR count). The monoisotopic (exact) mass is 543 g/mol. The van der Waals surface area contributed by atoms with Crippen LogP contribution in [0, 0.1) is 0 Å². The van der Waals surface area contributed by atoms with Crippen molar-refractivity contribution in [1.29, 1.82) is 0 Å². The zero-order chi connectivity index (χ0) is 21.4. The number of likely N-dealkylation sites (tertiary alicyclic amines) is 1. The fourth-order valence-corrected chi connectivity index (χ4v) is 4.41. The minimum atomic E-state index is 0.182. The van der Waals surface area contributed by atoms with E-state index in [-0.39, 0.29) is 27.1 Å². The first-order valence-electron chi connectivity index (χ1n) is 11.2. The smallest absolute Gasteiger partial charge is 0.000870 e. The third-order valence-electron chi connectivity index (χ3n) is 5.04. The summed E-state index contributed by atoms with van der Waals surface area (Å²) in [5, 5.41) is 2.89. The van der Waals surface area contributed by atoms with Crippen LogP contribution < -0.4 is 26.5 Å². The molecule has 0 aromatic rings. The number of nitrogens with one attached hydrogen (secondary N) is 1. The number of amides is 1. The minimum Gasteiger partial charge on any atom is -0.0138 e. The summed E-state index contributed by atoms with van der Waals surface area (Å²) in [5.41, 5.74) is 0. The number of nitrogens with zero attached hydrogens (tertiary/aromatic N) is 1. The van der Waals surface area contributed by atoms with Gasteiger partial charge < -0.3 is 14.4 Å². The predicted molar refractivity (Wildman–Crippen MR) is 111 cm³/mol. The molecule has 0 radical (unpaired) electrons. The SMILES string of the molecule is CC(C)N1CCC(OCCOCCOCCOCCOCCNC(=O)C2C[I-]2)CC1. The molecule has 8 nitrogen and oxygen atoms in total. The zero-order valence-corrected chi connectivity index (χ0v) is 20.8. The molecule has 0 aromatic heterocycles. The van der Waals surface area contributed by atoms with Crippen molar-refractivity contribution < 1.29 is 49.7 Å². The summed E-state index contributed by atoms with van der Waals surface area (Å²) < 4.78 is 29.3. The summed E-state index contributed by atoms with van der Waals surface area (Å²) in [6, 6.07) is 0.630. The topological polar surface area (TPSA) is 78.5 Å². The Balaban J connectivity index is 1.22. The maximum atomic E-state index is 11.4. The van der Waals surface area contributed by atoms with Gasteiger partial charge in [0.15, 0.2) is 0 Å². The van der Waals surface area contributed by atoms with E-state index in [2.05, 4.69) is 24.1 Å². The molecular formula is C21H40IN2O6-. The van der Waals surface area contributed by atoms with E-state index in [1.165, 1.54) is 0 Å². The molecule has 0 saturated carbocycles. The van der Waals surface area contributed by atoms with Gasteiger partial charge in [0.25, 0.3) is 0 Å². The Kier molecular flexibility index (Phi) is 14.5. The van der Waals surface area contributed by atoms with E-state index >= 15 is 0 Å². The van der Waals surface area contributed by atoms with E-state index in [0.717, 1.165) is 30.4 Å². The predicted octanol–water partition coefficient (Wildman–Crippen LogP) is -2.47. The Morgan fingerprint density at radius 2 is 1.40 bits per heavy atom. The van der Waals surface area contributed by atoms with Crippen LogP contribution in [0.25, 0.3) is 0 Å². The van der Waals surface area contributed by atoms with Crippen LogP contribution >= 0.6 is 0 Å². The van der Waals surface area contributed by atoms with Crippen molar-refractivity contribution in [3.05, 3.63) is 0 Å². The van der Waals surface area contributed by atoms with Crippen LogP contribution in [0.2, 0.25) is 0 Å². The quantitative estimate of drug-likeness (QED) is 0.117. The first-order chi connectivity index (χ1) is 14.7. The molecule has 2 saturated heterocycles. The molecule has 2 aliphatic rings. The Morgan fingerprint density at radius 3 is 1.90 bits per heavy atom. The number of halogens is 1. The van der Waals surface area contributed by atoms with Crippen molar-refractivity contribution >= 4 is 5.91 Å². The van der Waals surface area contributed by atoms with Gasteiger partial charge in [-0.3, -0.25) is 0 Å². The molecule has 0 bridgehead atoms. The average molecular weight is 543 g/mol. The Labute approximate surface area is 191 Å². The molecule has 2 heterocycles. The van der Waals surface area contributed by atoms with Gasteiger partial charge in [-0.2, -0.15) is 0 Å². The van der Waals surface area contributed by atoms with Gasteiger partial charge in [0.2, 0.25) is 0 Å². The van der Waals surface area contributed by atoms with Gasteiger partial charge in [-0.25, -0.2) is 0 Å². The van der Waals surface area contributed by atoms with Crippen molar-refractivity contribution in [2.45, 2.75) is 42.8 Å². The number of carbonyl (C=O) groups excluding carboxylic acids is 1. The maximum Gasteiger partial charge on any atom is 0.000870 e. The van der Waals surface area contributed by atoms with Gasteiger partial charge in [0.05, 0.1) is 32.5 Å². The fourth-order valence-electron chi connectivity index (χ4n) is 3.14. The van der Waals surface area contributed by atoms with Gasteiger partial charge >= 0.3 is 99.4 Å². The first-order valence-corrected chi connectivity index (χ1v) is 14.0. The summed E-state index contributed by atoms with van der Waals surface area (Å²) in [4.78, 5) is 13.9. The van der Waals surface area contributed by atoms with E-state index in [4.69, 9.17) is 23.7 Å². The number of carbonyl (C=O) groups is 1. The minimum absolute atomic E-state index is 0.182. The number of rotatable bonds is 18. The molecule has 1 atom stereocenters. The Hall–Kier alpha value is -0.0400. The van der Waals surface area contributed by atoms with Crippen molar-refractivity contribution in [2.24, 2.45) is 0 Å². The van der Waals surface area contributed by atoms with Crippen LogP contribution in [0.15, 0.2) is 0 Å². The summed E-state index contributed by atoms with van der Waals surface area (Å²) in [6.45, 7) is 12.5. The fraction of sp³-hybridized carbons (Fsp3) is 0.952. The van der Waals surface area contributed by atoms with Crippen LogP contribution in [0.5, 0.6) is 0 Å². The van der Waals surface area contributed by atoms with Crippen molar-refractivity contribution in [1.82, 2.24) is 10.2 Å². The molecule has 0 spiro atoms. The van der Waals surface area contributed by atoms with Crippen LogP contribution in [-0.2, 0) is 28.5 Å². The van der Waals surface area contributed by atoms with Crippen LogP contribution in [0.4, 0.5) is 0 Å². The Bertz CT molecular complexity index is 445. The van der Waals surface area contributed by atoms with Gasteiger partial charge in [-0.15, -0.1) is 0 Å². The van der Waals surface area contributed by atoms with Gasteiger partial charge in [-0.05, 0) is 26.7 Å². The molecule has 1 N–H and O–H groups in total. The largest absolute Gasteiger partial charge is 0.0138 e. The number of hydrogen-bond donors (Lipinski definition) is 1.